The predicted octanol–water partition coefficient (Wildman–Crippen LogP) is 2.91. The highest BCUT2D eigenvalue weighted by Gasteiger charge is 2.15. The van der Waals surface area contributed by atoms with E-state index in [1.165, 1.54) is 0 Å². The van der Waals surface area contributed by atoms with Gasteiger partial charge in [0.15, 0.2) is 5.96 Å². The third-order valence-electron chi connectivity index (χ3n) is 4.80. The van der Waals surface area contributed by atoms with Gasteiger partial charge in [0, 0.05) is 31.9 Å². The number of hydrogen-bond acceptors (Lipinski definition) is 6. The van der Waals surface area contributed by atoms with Crippen LogP contribution in [-0.2, 0) is 11.3 Å². The zero-order valence-electron chi connectivity index (χ0n) is 19.4. The molecule has 1 unspecified atom stereocenters. The molecular weight excluding hydrogens is 410 g/mol. The van der Waals surface area contributed by atoms with E-state index in [-0.39, 0.29) is 6.54 Å². The molecule has 0 bridgehead atoms. The topological polar surface area (TPSA) is 93.6 Å². The second-order valence-electron chi connectivity index (χ2n) is 6.99. The second kappa shape index (κ2) is 14.2. The van der Waals surface area contributed by atoms with Gasteiger partial charge >= 0.3 is 0 Å². The normalized spacial score (nSPS) is 12.2. The predicted molar refractivity (Wildman–Crippen MR) is 126 cm³/mol. The second-order valence-corrected chi connectivity index (χ2v) is 6.99. The Labute approximate surface area is 190 Å². The molecule has 1 atom stereocenters. The number of hydrogen-bond donors (Lipinski definition) is 3. The van der Waals surface area contributed by atoms with Gasteiger partial charge in [-0.15, -0.1) is 0 Å². The summed E-state index contributed by atoms with van der Waals surface area (Å²) in [5.41, 5.74) is 1.70. The van der Waals surface area contributed by atoms with Crippen LogP contribution in [0, 0.1) is 0 Å². The van der Waals surface area contributed by atoms with Crippen LogP contribution in [0.4, 0.5) is 0 Å². The molecule has 2 aromatic carbocycles. The van der Waals surface area contributed by atoms with Crippen molar-refractivity contribution < 1.29 is 24.1 Å². The quantitative estimate of drug-likeness (QED) is 0.248. The first kappa shape index (κ1) is 25.3. The van der Waals surface area contributed by atoms with E-state index in [4.69, 9.17) is 18.9 Å². The summed E-state index contributed by atoms with van der Waals surface area (Å²) in [6.45, 7) is 4.80. The fraction of sp³-hybridized carbons (Fsp3) is 0.458. The lowest BCUT2D eigenvalue weighted by Gasteiger charge is -2.18. The minimum absolute atomic E-state index is 0.253. The first-order chi connectivity index (χ1) is 15.6. The van der Waals surface area contributed by atoms with E-state index >= 15 is 0 Å². The molecule has 8 heteroatoms. The molecule has 3 N–H and O–H groups in total. The Morgan fingerprint density at radius 2 is 1.69 bits per heavy atom. The highest BCUT2D eigenvalue weighted by molar-refractivity contribution is 5.79. The van der Waals surface area contributed by atoms with Crippen LogP contribution >= 0.6 is 0 Å². The summed E-state index contributed by atoms with van der Waals surface area (Å²) in [7, 11) is 4.81. The third kappa shape index (κ3) is 8.28. The minimum Gasteiger partial charge on any atom is -0.497 e. The molecule has 0 spiro atoms. The fourth-order valence-electron chi connectivity index (χ4n) is 3.00. The highest BCUT2D eigenvalue weighted by Crippen LogP contribution is 2.29. The van der Waals surface area contributed by atoms with Gasteiger partial charge in [0.25, 0.3) is 0 Å². The first-order valence-electron chi connectivity index (χ1n) is 10.7. The van der Waals surface area contributed by atoms with Gasteiger partial charge in [0.1, 0.15) is 17.2 Å². The maximum atomic E-state index is 10.8. The molecule has 0 heterocycles. The van der Waals surface area contributed by atoms with Crippen LogP contribution in [0.2, 0.25) is 0 Å². The molecule has 32 heavy (non-hydrogen) atoms. The van der Waals surface area contributed by atoms with Crippen LogP contribution in [0.1, 0.15) is 30.6 Å². The van der Waals surface area contributed by atoms with E-state index in [1.807, 2.05) is 31.2 Å². The molecule has 0 amide bonds. The van der Waals surface area contributed by atoms with Crippen molar-refractivity contribution in [3.8, 4) is 17.2 Å². The zero-order valence-corrected chi connectivity index (χ0v) is 19.4. The lowest BCUT2D eigenvalue weighted by atomic mass is 10.1. The molecule has 2 rings (SSSR count). The monoisotopic (exact) mass is 445 g/mol. The Hall–Kier alpha value is -2.97. The van der Waals surface area contributed by atoms with Gasteiger partial charge in [0.2, 0.25) is 0 Å². The van der Waals surface area contributed by atoms with E-state index in [0.29, 0.717) is 49.3 Å². The van der Waals surface area contributed by atoms with Crippen LogP contribution in [0.3, 0.4) is 0 Å². The van der Waals surface area contributed by atoms with Crippen LogP contribution in [0.25, 0.3) is 0 Å². The highest BCUT2D eigenvalue weighted by atomic mass is 16.5. The number of nitrogens with one attached hydrogen (secondary N) is 2. The summed E-state index contributed by atoms with van der Waals surface area (Å²) in [6, 6.07) is 13.1. The summed E-state index contributed by atoms with van der Waals surface area (Å²) in [5, 5.41) is 17.3. The molecule has 8 nitrogen and oxygen atoms in total. The molecule has 0 aliphatic carbocycles. The van der Waals surface area contributed by atoms with Crippen molar-refractivity contribution in [1.29, 1.82) is 0 Å². The lowest BCUT2D eigenvalue weighted by molar-refractivity contribution is 0.145. The summed E-state index contributed by atoms with van der Waals surface area (Å²) < 4.78 is 21.3. The average molecular weight is 446 g/mol. The van der Waals surface area contributed by atoms with Crippen molar-refractivity contribution in [3.05, 3.63) is 53.6 Å². The van der Waals surface area contributed by atoms with E-state index in [2.05, 4.69) is 15.6 Å². The van der Waals surface area contributed by atoms with Gasteiger partial charge in [-0.3, -0.25) is 0 Å². The number of ether oxygens (including phenoxy) is 4. The fourth-order valence-corrected chi connectivity index (χ4v) is 3.00. The smallest absolute Gasteiger partial charge is 0.191 e. The largest absolute Gasteiger partial charge is 0.497 e. The maximum Gasteiger partial charge on any atom is 0.191 e. The number of aliphatic hydroxyl groups excluding tert-OH is 1. The maximum absolute atomic E-state index is 10.8. The van der Waals surface area contributed by atoms with E-state index < -0.39 is 6.10 Å². The van der Waals surface area contributed by atoms with Gasteiger partial charge in [-0.2, -0.15) is 0 Å². The Morgan fingerprint density at radius 1 is 0.969 bits per heavy atom. The van der Waals surface area contributed by atoms with Gasteiger partial charge < -0.3 is 34.7 Å². The van der Waals surface area contributed by atoms with Gasteiger partial charge in [-0.25, -0.2) is 4.99 Å². The molecule has 0 saturated heterocycles. The van der Waals surface area contributed by atoms with Crippen molar-refractivity contribution in [2.75, 3.05) is 47.6 Å². The van der Waals surface area contributed by atoms with Crippen molar-refractivity contribution in [3.63, 3.8) is 0 Å². The Balaban J connectivity index is 2.04. The molecule has 0 saturated carbocycles. The number of benzene rings is 2. The standard InChI is InChI=1S/C24H35N3O5/c1-5-32-14-6-13-25-24(26-16-18-7-9-19(29-2)10-8-18)27-17-22(28)21-15-20(30-3)11-12-23(21)31-4/h7-12,15,22,28H,5-6,13-14,16-17H2,1-4H3,(H2,25,26,27). The molecule has 2 aromatic rings. The van der Waals surface area contributed by atoms with Crippen LogP contribution in [0.5, 0.6) is 17.2 Å². The summed E-state index contributed by atoms with van der Waals surface area (Å²) >= 11 is 0. The number of aliphatic hydroxyl groups is 1. The number of aliphatic imine (C=N–C) groups is 1. The number of guanidine groups is 1. The van der Waals surface area contributed by atoms with Crippen molar-refractivity contribution in [1.82, 2.24) is 10.6 Å². The molecular formula is C24H35N3O5. The molecule has 0 radical (unpaired) electrons. The van der Waals surface area contributed by atoms with E-state index in [1.54, 1.807) is 39.5 Å². The number of methoxy groups -OCH3 is 3. The summed E-state index contributed by atoms with van der Waals surface area (Å²) in [4.78, 5) is 4.65. The van der Waals surface area contributed by atoms with Gasteiger partial charge in [-0.1, -0.05) is 12.1 Å². The Morgan fingerprint density at radius 3 is 2.34 bits per heavy atom. The SMILES string of the molecule is CCOCCCNC(=NCc1ccc(OC)cc1)NCC(O)c1cc(OC)ccc1OC. The molecule has 176 valence electrons. The average Bonchev–Trinajstić information content (AvgIpc) is 2.84. The van der Waals surface area contributed by atoms with Crippen molar-refractivity contribution in [2.24, 2.45) is 4.99 Å². The van der Waals surface area contributed by atoms with Crippen LogP contribution in [-0.4, -0.2) is 58.7 Å². The molecule has 0 fully saturated rings. The van der Waals surface area contributed by atoms with Crippen LogP contribution in [0.15, 0.2) is 47.5 Å². The van der Waals surface area contributed by atoms with Crippen molar-refractivity contribution in [2.45, 2.75) is 26.0 Å². The van der Waals surface area contributed by atoms with E-state index in [0.717, 1.165) is 17.7 Å². The summed E-state index contributed by atoms with van der Waals surface area (Å²) in [6.07, 6.45) is 0.0417. The molecule has 0 aliphatic rings. The van der Waals surface area contributed by atoms with Crippen molar-refractivity contribution >= 4 is 5.96 Å². The summed E-state index contributed by atoms with van der Waals surface area (Å²) in [5.74, 6) is 2.67. The lowest BCUT2D eigenvalue weighted by Crippen LogP contribution is -2.40. The molecule has 0 aliphatic heterocycles. The van der Waals surface area contributed by atoms with E-state index in [9.17, 15) is 5.11 Å². The third-order valence-corrected chi connectivity index (χ3v) is 4.80. The first-order valence-corrected chi connectivity index (χ1v) is 10.7. The van der Waals surface area contributed by atoms with Crippen LogP contribution < -0.4 is 24.8 Å². The number of rotatable bonds is 13. The Bertz CT molecular complexity index is 827. The molecule has 0 aromatic heterocycles. The number of nitrogens with zero attached hydrogens (tertiary/aromatic N) is 1. The van der Waals surface area contributed by atoms with Gasteiger partial charge in [-0.05, 0) is 49.2 Å². The minimum atomic E-state index is -0.809. The zero-order chi connectivity index (χ0) is 23.2. The van der Waals surface area contributed by atoms with Gasteiger partial charge in [0.05, 0.1) is 34.0 Å². The Kier molecular flexibility index (Phi) is 11.2.